The number of halogens is 1. The number of aryl methyl sites for hydroxylation is 2. The van der Waals surface area contributed by atoms with Crippen molar-refractivity contribution in [2.45, 2.75) is 66.0 Å². The van der Waals surface area contributed by atoms with Crippen LogP contribution in [0.2, 0.25) is 0 Å². The Hall–Kier alpha value is -0.830. The molecule has 2 N–H and O–H groups in total. The van der Waals surface area contributed by atoms with Crippen molar-refractivity contribution >= 4 is 29.9 Å². The van der Waals surface area contributed by atoms with Crippen LogP contribution in [0.15, 0.2) is 4.99 Å². The van der Waals surface area contributed by atoms with Crippen molar-refractivity contribution in [1.29, 1.82) is 0 Å². The maximum atomic E-state index is 4.50. The van der Waals surface area contributed by atoms with Crippen molar-refractivity contribution < 1.29 is 0 Å². The summed E-state index contributed by atoms with van der Waals surface area (Å²) in [5.74, 6) is 1.62. The van der Waals surface area contributed by atoms with Gasteiger partial charge in [0.25, 0.3) is 0 Å². The molecule has 1 fully saturated rings. The van der Waals surface area contributed by atoms with Gasteiger partial charge >= 0.3 is 0 Å². The highest BCUT2D eigenvalue weighted by Crippen LogP contribution is 2.22. The Morgan fingerprint density at radius 3 is 2.26 bits per heavy atom. The van der Waals surface area contributed by atoms with Gasteiger partial charge in [0.2, 0.25) is 0 Å². The zero-order valence-corrected chi connectivity index (χ0v) is 20.3. The van der Waals surface area contributed by atoms with Gasteiger partial charge in [-0.2, -0.15) is 5.10 Å². The fourth-order valence-electron chi connectivity index (χ4n) is 4.17. The summed E-state index contributed by atoms with van der Waals surface area (Å²) < 4.78 is 1.94. The average molecular weight is 490 g/mol. The average Bonchev–Trinajstić information content (AvgIpc) is 3.24. The standard InChI is InChI=1S/C20H38N6.HI/c1-7-17(8-2)19(26-11-9-10-12-26)14-23-20(21-5)22-13-18-15(3)24-25(6)16(18)4;/h17,19H,7-14H2,1-6H3,(H2,21,22,23);1H. The van der Waals surface area contributed by atoms with Gasteiger partial charge in [-0.3, -0.25) is 14.6 Å². The van der Waals surface area contributed by atoms with Crippen LogP contribution < -0.4 is 10.6 Å². The highest BCUT2D eigenvalue weighted by Gasteiger charge is 2.27. The van der Waals surface area contributed by atoms with Crippen molar-refractivity contribution in [3.63, 3.8) is 0 Å². The Balaban J connectivity index is 0.00000364. The lowest BCUT2D eigenvalue weighted by atomic mass is 9.93. The number of nitrogens with zero attached hydrogens (tertiary/aromatic N) is 4. The van der Waals surface area contributed by atoms with Crippen LogP contribution in [-0.2, 0) is 13.6 Å². The van der Waals surface area contributed by atoms with E-state index in [1.807, 2.05) is 18.8 Å². The van der Waals surface area contributed by atoms with Crippen LogP contribution in [0.1, 0.15) is 56.5 Å². The first-order chi connectivity index (χ1) is 12.5. The number of nitrogens with one attached hydrogen (secondary N) is 2. The fourth-order valence-corrected chi connectivity index (χ4v) is 4.17. The highest BCUT2D eigenvalue weighted by molar-refractivity contribution is 14.0. The predicted molar refractivity (Wildman–Crippen MR) is 125 cm³/mol. The molecule has 7 heteroatoms. The van der Waals surface area contributed by atoms with E-state index in [9.17, 15) is 0 Å². The molecule has 0 radical (unpaired) electrons. The van der Waals surface area contributed by atoms with Crippen LogP contribution in [0.5, 0.6) is 0 Å². The molecule has 2 heterocycles. The lowest BCUT2D eigenvalue weighted by Gasteiger charge is -2.34. The van der Waals surface area contributed by atoms with E-state index >= 15 is 0 Å². The Bertz CT molecular complexity index is 586. The molecule has 0 aliphatic carbocycles. The molecule has 0 bridgehead atoms. The lowest BCUT2D eigenvalue weighted by Crippen LogP contribution is -2.49. The van der Waals surface area contributed by atoms with Crippen LogP contribution in [0.3, 0.4) is 0 Å². The van der Waals surface area contributed by atoms with Gasteiger partial charge in [0, 0.05) is 44.5 Å². The second kappa shape index (κ2) is 11.9. The number of hydrogen-bond donors (Lipinski definition) is 2. The third-order valence-electron chi connectivity index (χ3n) is 6.00. The van der Waals surface area contributed by atoms with E-state index in [2.05, 4.69) is 53.3 Å². The normalized spacial score (nSPS) is 16.5. The number of likely N-dealkylation sites (tertiary alicyclic amines) is 1. The van der Waals surface area contributed by atoms with Gasteiger partial charge < -0.3 is 10.6 Å². The number of aliphatic imine (C=N–C) groups is 1. The Kier molecular flexibility index (Phi) is 10.7. The van der Waals surface area contributed by atoms with E-state index < -0.39 is 0 Å². The predicted octanol–water partition coefficient (Wildman–Crippen LogP) is 3.22. The first-order valence-corrected chi connectivity index (χ1v) is 10.2. The zero-order valence-electron chi connectivity index (χ0n) is 18.0. The van der Waals surface area contributed by atoms with Crippen molar-refractivity contribution in [1.82, 2.24) is 25.3 Å². The minimum absolute atomic E-state index is 0. The molecule has 1 aliphatic rings. The van der Waals surface area contributed by atoms with E-state index in [1.54, 1.807) is 0 Å². The van der Waals surface area contributed by atoms with Gasteiger partial charge in [-0.15, -0.1) is 24.0 Å². The van der Waals surface area contributed by atoms with Gasteiger partial charge in [0.15, 0.2) is 5.96 Å². The molecule has 2 rings (SSSR count). The van der Waals surface area contributed by atoms with Gasteiger partial charge in [-0.05, 0) is 45.7 Å². The first-order valence-electron chi connectivity index (χ1n) is 10.2. The fraction of sp³-hybridized carbons (Fsp3) is 0.800. The van der Waals surface area contributed by atoms with E-state index in [-0.39, 0.29) is 24.0 Å². The molecule has 1 aromatic rings. The van der Waals surface area contributed by atoms with Gasteiger partial charge in [-0.25, -0.2) is 0 Å². The molecule has 0 spiro atoms. The van der Waals surface area contributed by atoms with E-state index in [0.717, 1.165) is 30.7 Å². The summed E-state index contributed by atoms with van der Waals surface area (Å²) in [6.07, 6.45) is 5.14. The van der Waals surface area contributed by atoms with Crippen molar-refractivity contribution in [3.05, 3.63) is 17.0 Å². The number of hydrogen-bond acceptors (Lipinski definition) is 3. The molecule has 0 amide bonds. The summed E-state index contributed by atoms with van der Waals surface area (Å²) in [7, 11) is 3.84. The minimum atomic E-state index is 0. The van der Waals surface area contributed by atoms with Crippen molar-refractivity contribution in [3.8, 4) is 0 Å². The Labute approximate surface area is 182 Å². The van der Waals surface area contributed by atoms with Gasteiger partial charge in [0.1, 0.15) is 0 Å². The highest BCUT2D eigenvalue weighted by atomic mass is 127. The summed E-state index contributed by atoms with van der Waals surface area (Å²) in [5.41, 5.74) is 3.55. The molecule has 0 saturated carbocycles. The third-order valence-corrected chi connectivity index (χ3v) is 6.00. The number of rotatable bonds is 8. The SMILES string of the molecule is CCC(CC)C(CNC(=NC)NCc1c(C)nn(C)c1C)N1CCCC1.I. The first kappa shape index (κ1) is 24.2. The quantitative estimate of drug-likeness (QED) is 0.334. The summed E-state index contributed by atoms with van der Waals surface area (Å²) in [6, 6.07) is 0.591. The zero-order chi connectivity index (χ0) is 19.1. The molecule has 1 aliphatic heterocycles. The summed E-state index contributed by atoms with van der Waals surface area (Å²) in [6.45, 7) is 13.0. The molecule has 1 atom stereocenters. The van der Waals surface area contributed by atoms with Gasteiger partial charge in [0.05, 0.1) is 5.69 Å². The summed E-state index contributed by atoms with van der Waals surface area (Å²) in [4.78, 5) is 7.10. The van der Waals surface area contributed by atoms with Crippen LogP contribution in [0.25, 0.3) is 0 Å². The second-order valence-corrected chi connectivity index (χ2v) is 7.47. The van der Waals surface area contributed by atoms with E-state index in [1.165, 1.54) is 50.0 Å². The van der Waals surface area contributed by atoms with E-state index in [4.69, 9.17) is 0 Å². The molecule has 0 aromatic carbocycles. The number of aromatic nitrogens is 2. The largest absolute Gasteiger partial charge is 0.355 e. The van der Waals surface area contributed by atoms with E-state index in [0.29, 0.717) is 6.04 Å². The van der Waals surface area contributed by atoms with Crippen LogP contribution in [0, 0.1) is 19.8 Å². The molecule has 156 valence electrons. The molecule has 1 unspecified atom stereocenters. The summed E-state index contributed by atoms with van der Waals surface area (Å²) >= 11 is 0. The van der Waals surface area contributed by atoms with Crippen molar-refractivity contribution in [2.24, 2.45) is 18.0 Å². The van der Waals surface area contributed by atoms with Crippen LogP contribution in [-0.4, -0.2) is 53.4 Å². The third kappa shape index (κ3) is 6.34. The molecular weight excluding hydrogens is 451 g/mol. The monoisotopic (exact) mass is 490 g/mol. The maximum Gasteiger partial charge on any atom is 0.191 e. The Morgan fingerprint density at radius 2 is 1.78 bits per heavy atom. The number of guanidine groups is 1. The van der Waals surface area contributed by atoms with Crippen molar-refractivity contribution in [2.75, 3.05) is 26.7 Å². The molecular formula is C20H39IN6. The molecule has 1 aromatic heterocycles. The Morgan fingerprint density at radius 1 is 1.15 bits per heavy atom. The smallest absolute Gasteiger partial charge is 0.191 e. The van der Waals surface area contributed by atoms with Crippen LogP contribution >= 0.6 is 24.0 Å². The van der Waals surface area contributed by atoms with Crippen LogP contribution in [0.4, 0.5) is 0 Å². The minimum Gasteiger partial charge on any atom is -0.355 e. The van der Waals surface area contributed by atoms with Gasteiger partial charge in [-0.1, -0.05) is 26.7 Å². The maximum absolute atomic E-state index is 4.50. The second-order valence-electron chi connectivity index (χ2n) is 7.47. The molecule has 27 heavy (non-hydrogen) atoms. The topological polar surface area (TPSA) is 57.5 Å². The summed E-state index contributed by atoms with van der Waals surface area (Å²) in [5, 5.41) is 11.5. The lowest BCUT2D eigenvalue weighted by molar-refractivity contribution is 0.166. The molecule has 1 saturated heterocycles. The molecule has 6 nitrogen and oxygen atoms in total.